The Bertz CT molecular complexity index is 923. The average molecular weight is 462 g/mol. The number of likely N-dealkylation sites (tertiary alicyclic amines) is 1. The monoisotopic (exact) mass is 461 g/mol. The fraction of sp³-hybridized carbons (Fsp3) is 0.552. The van der Waals surface area contributed by atoms with E-state index in [1.54, 1.807) is 6.20 Å². The summed E-state index contributed by atoms with van der Waals surface area (Å²) in [5.41, 5.74) is 2.15. The summed E-state index contributed by atoms with van der Waals surface area (Å²) in [4.78, 5) is 33.5. The van der Waals surface area contributed by atoms with Gasteiger partial charge in [-0.2, -0.15) is 0 Å². The summed E-state index contributed by atoms with van der Waals surface area (Å²) >= 11 is 0. The van der Waals surface area contributed by atoms with Gasteiger partial charge in [-0.3, -0.25) is 14.6 Å². The molecule has 1 aromatic heterocycles. The van der Waals surface area contributed by atoms with E-state index in [0.29, 0.717) is 18.3 Å². The number of benzene rings is 1. The van der Waals surface area contributed by atoms with Crippen LogP contribution in [-0.2, 0) is 16.0 Å². The molecular formula is C29H39N3O2. The summed E-state index contributed by atoms with van der Waals surface area (Å²) < 4.78 is 0. The number of pyridine rings is 1. The molecule has 182 valence electrons. The Morgan fingerprint density at radius 3 is 2.44 bits per heavy atom. The lowest BCUT2D eigenvalue weighted by Gasteiger charge is -2.38. The quantitative estimate of drug-likeness (QED) is 0.607. The van der Waals surface area contributed by atoms with Crippen molar-refractivity contribution in [1.29, 1.82) is 0 Å². The molecule has 2 amide bonds. The van der Waals surface area contributed by atoms with E-state index >= 15 is 0 Å². The molecule has 2 aromatic rings. The number of piperidine rings is 1. The Morgan fingerprint density at radius 1 is 1.00 bits per heavy atom. The first-order chi connectivity index (χ1) is 16.5. The highest BCUT2D eigenvalue weighted by molar-refractivity contribution is 5.89. The normalized spacial score (nSPS) is 24.0. The van der Waals surface area contributed by atoms with Gasteiger partial charge in [-0.15, -0.1) is 0 Å². The van der Waals surface area contributed by atoms with Crippen LogP contribution in [0.4, 0.5) is 0 Å². The first-order valence-electron chi connectivity index (χ1n) is 13.1. The third kappa shape index (κ3) is 6.05. The van der Waals surface area contributed by atoms with Crippen molar-refractivity contribution in [2.24, 2.45) is 17.8 Å². The minimum absolute atomic E-state index is 0.0107. The van der Waals surface area contributed by atoms with E-state index in [4.69, 9.17) is 0 Å². The van der Waals surface area contributed by atoms with Crippen LogP contribution >= 0.6 is 0 Å². The maximum absolute atomic E-state index is 13.9. The van der Waals surface area contributed by atoms with Crippen LogP contribution in [0, 0.1) is 17.8 Å². The Balaban J connectivity index is 1.51. The molecule has 2 atom stereocenters. The Hall–Kier alpha value is -2.69. The average Bonchev–Trinajstić information content (AvgIpc) is 2.89. The van der Waals surface area contributed by atoms with Crippen molar-refractivity contribution in [3.63, 3.8) is 0 Å². The molecule has 2 unspecified atom stereocenters. The molecular weight excluding hydrogens is 422 g/mol. The van der Waals surface area contributed by atoms with E-state index in [1.807, 2.05) is 47.5 Å². The summed E-state index contributed by atoms with van der Waals surface area (Å²) in [6.45, 7) is 5.27. The zero-order chi connectivity index (χ0) is 23.9. The predicted molar refractivity (Wildman–Crippen MR) is 135 cm³/mol. The molecule has 34 heavy (non-hydrogen) atoms. The molecule has 1 aliphatic heterocycles. The fourth-order valence-corrected chi connectivity index (χ4v) is 5.70. The molecule has 0 bridgehead atoms. The topological polar surface area (TPSA) is 62.3 Å². The molecule has 2 aliphatic rings. The van der Waals surface area contributed by atoms with Gasteiger partial charge in [0.25, 0.3) is 0 Å². The molecule has 5 heteroatoms. The van der Waals surface area contributed by atoms with Gasteiger partial charge in [-0.1, -0.05) is 50.2 Å². The predicted octanol–water partition coefficient (Wildman–Crippen LogP) is 5.33. The van der Waals surface area contributed by atoms with E-state index < -0.39 is 6.04 Å². The van der Waals surface area contributed by atoms with Crippen molar-refractivity contribution in [3.05, 3.63) is 66.0 Å². The number of amides is 2. The second-order valence-electron chi connectivity index (χ2n) is 10.4. The van der Waals surface area contributed by atoms with Gasteiger partial charge in [0.1, 0.15) is 6.04 Å². The lowest BCUT2D eigenvalue weighted by molar-refractivity contribution is -0.141. The summed E-state index contributed by atoms with van der Waals surface area (Å²) in [5, 5.41) is 3.20. The van der Waals surface area contributed by atoms with Gasteiger partial charge < -0.3 is 10.2 Å². The Morgan fingerprint density at radius 2 is 1.76 bits per heavy atom. The second kappa shape index (κ2) is 11.6. The van der Waals surface area contributed by atoms with Crippen LogP contribution in [0.2, 0.25) is 0 Å². The largest absolute Gasteiger partial charge is 0.344 e. The van der Waals surface area contributed by atoms with Crippen LogP contribution in [0.25, 0.3) is 0 Å². The maximum Gasteiger partial charge on any atom is 0.246 e. The SMILES string of the molecule is CC(C)C1CCC(C(=O)NC(Cc2ccccc2)C(=O)N2CCCCC2c2cccnc2)CC1. The minimum atomic E-state index is -0.546. The molecule has 0 spiro atoms. The van der Waals surface area contributed by atoms with E-state index in [0.717, 1.165) is 62.6 Å². The molecule has 4 rings (SSSR count). The highest BCUT2D eigenvalue weighted by atomic mass is 16.2. The molecule has 1 saturated heterocycles. The number of rotatable bonds is 7. The molecule has 0 radical (unpaired) electrons. The van der Waals surface area contributed by atoms with E-state index in [-0.39, 0.29) is 23.8 Å². The smallest absolute Gasteiger partial charge is 0.246 e. The van der Waals surface area contributed by atoms with Crippen LogP contribution in [0.3, 0.4) is 0 Å². The van der Waals surface area contributed by atoms with Crippen molar-refractivity contribution in [2.75, 3.05) is 6.54 Å². The van der Waals surface area contributed by atoms with E-state index in [1.165, 1.54) is 0 Å². The maximum atomic E-state index is 13.9. The van der Waals surface area contributed by atoms with Gasteiger partial charge in [-0.05, 0) is 74.0 Å². The van der Waals surface area contributed by atoms with E-state index in [2.05, 4.69) is 30.2 Å². The van der Waals surface area contributed by atoms with Gasteiger partial charge in [0.05, 0.1) is 6.04 Å². The number of carbonyl (C=O) groups excluding carboxylic acids is 2. The van der Waals surface area contributed by atoms with Crippen LogP contribution in [-0.4, -0.2) is 34.3 Å². The molecule has 1 N–H and O–H groups in total. The second-order valence-corrected chi connectivity index (χ2v) is 10.4. The Kier molecular flexibility index (Phi) is 8.36. The van der Waals surface area contributed by atoms with Crippen LogP contribution in [0.1, 0.15) is 76.0 Å². The van der Waals surface area contributed by atoms with Crippen LogP contribution in [0.15, 0.2) is 54.9 Å². The van der Waals surface area contributed by atoms with Crippen LogP contribution in [0.5, 0.6) is 0 Å². The summed E-state index contributed by atoms with van der Waals surface area (Å²) in [6, 6.07) is 13.5. The molecule has 1 saturated carbocycles. The number of nitrogens with zero attached hydrogens (tertiary/aromatic N) is 2. The van der Waals surface area contributed by atoms with Crippen molar-refractivity contribution in [2.45, 2.75) is 77.3 Å². The van der Waals surface area contributed by atoms with E-state index in [9.17, 15) is 9.59 Å². The number of nitrogens with one attached hydrogen (secondary N) is 1. The van der Waals surface area contributed by atoms with Gasteiger partial charge in [0.2, 0.25) is 11.8 Å². The highest BCUT2D eigenvalue weighted by Crippen LogP contribution is 2.34. The molecule has 2 fully saturated rings. The molecule has 1 aromatic carbocycles. The van der Waals surface area contributed by atoms with Gasteiger partial charge >= 0.3 is 0 Å². The summed E-state index contributed by atoms with van der Waals surface area (Å²) in [5.74, 6) is 1.46. The summed E-state index contributed by atoms with van der Waals surface area (Å²) in [6.07, 6.45) is 11.2. The van der Waals surface area contributed by atoms with Gasteiger partial charge in [0, 0.05) is 31.3 Å². The number of aromatic nitrogens is 1. The molecule has 5 nitrogen and oxygen atoms in total. The number of hydrogen-bond donors (Lipinski definition) is 1. The lowest BCUT2D eigenvalue weighted by atomic mass is 9.76. The third-order valence-corrected chi connectivity index (χ3v) is 7.84. The van der Waals surface area contributed by atoms with Gasteiger partial charge in [0.15, 0.2) is 0 Å². The van der Waals surface area contributed by atoms with Crippen molar-refractivity contribution in [3.8, 4) is 0 Å². The minimum Gasteiger partial charge on any atom is -0.344 e. The fourth-order valence-electron chi connectivity index (χ4n) is 5.70. The first-order valence-corrected chi connectivity index (χ1v) is 13.1. The number of carbonyl (C=O) groups is 2. The van der Waals surface area contributed by atoms with Crippen molar-refractivity contribution in [1.82, 2.24) is 15.2 Å². The molecule has 2 heterocycles. The van der Waals surface area contributed by atoms with Crippen molar-refractivity contribution >= 4 is 11.8 Å². The van der Waals surface area contributed by atoms with Gasteiger partial charge in [-0.25, -0.2) is 0 Å². The third-order valence-electron chi connectivity index (χ3n) is 7.84. The van der Waals surface area contributed by atoms with Crippen LogP contribution < -0.4 is 5.32 Å². The number of hydrogen-bond acceptors (Lipinski definition) is 3. The molecule has 1 aliphatic carbocycles. The first kappa shape index (κ1) is 24.4. The zero-order valence-corrected chi connectivity index (χ0v) is 20.7. The summed E-state index contributed by atoms with van der Waals surface area (Å²) in [7, 11) is 0. The zero-order valence-electron chi connectivity index (χ0n) is 20.7. The Labute approximate surface area is 204 Å². The lowest BCUT2D eigenvalue weighted by Crippen LogP contribution is -2.53. The van der Waals surface area contributed by atoms with Crippen molar-refractivity contribution < 1.29 is 9.59 Å². The standard InChI is InChI=1S/C29H39N3O2/c1-21(2)23-13-15-24(16-14-23)28(33)31-26(19-22-9-4-3-5-10-22)29(34)32-18-7-6-12-27(32)25-11-8-17-30-20-25/h3-5,8-11,17,20-21,23-24,26-27H,6-7,12-16,18-19H2,1-2H3,(H,31,33). The highest BCUT2D eigenvalue weighted by Gasteiger charge is 2.35.